The Kier molecular flexibility index (Phi) is 4.20. The van der Waals surface area contributed by atoms with Gasteiger partial charge in [0.05, 0.1) is 6.04 Å². The quantitative estimate of drug-likeness (QED) is 0.916. The number of likely N-dealkylation sites (tertiary alicyclic amines) is 1. The van der Waals surface area contributed by atoms with Gasteiger partial charge in [-0.25, -0.2) is 0 Å². The summed E-state index contributed by atoms with van der Waals surface area (Å²) in [7, 11) is 0. The van der Waals surface area contributed by atoms with Crippen molar-refractivity contribution in [2.75, 3.05) is 18.4 Å². The molecule has 2 atom stereocenters. The van der Waals surface area contributed by atoms with Gasteiger partial charge < -0.3 is 9.84 Å². The van der Waals surface area contributed by atoms with Gasteiger partial charge in [0, 0.05) is 31.2 Å². The minimum Gasteiger partial charge on any atom is -0.381 e. The fourth-order valence-electron chi connectivity index (χ4n) is 2.76. The average molecular weight is 286 g/mol. The van der Waals surface area contributed by atoms with Gasteiger partial charge in [0.2, 0.25) is 5.89 Å². The van der Waals surface area contributed by atoms with Gasteiger partial charge in [-0.3, -0.25) is 4.90 Å². The van der Waals surface area contributed by atoms with Crippen molar-refractivity contribution in [2.24, 2.45) is 0 Å². The first kappa shape index (κ1) is 14.1. The van der Waals surface area contributed by atoms with Crippen molar-refractivity contribution in [3.8, 4) is 0 Å². The number of para-hydroxylation sites is 1. The predicted octanol–water partition coefficient (Wildman–Crippen LogP) is 2.88. The van der Waals surface area contributed by atoms with Crippen LogP contribution >= 0.6 is 0 Å². The Morgan fingerprint density at radius 1 is 1.38 bits per heavy atom. The standard InChI is InChI=1S/C16H22N4O/c1-3-15-18-16(21-19-15)12(2)20-10-9-14(11-20)17-13-7-5-4-6-8-13/h4-8,12,14,17H,3,9-11H2,1-2H3. The minimum atomic E-state index is 0.181. The van der Waals surface area contributed by atoms with E-state index in [0.29, 0.717) is 6.04 Å². The Labute approximate surface area is 125 Å². The molecule has 0 amide bonds. The zero-order chi connectivity index (χ0) is 14.7. The molecule has 0 bridgehead atoms. The third kappa shape index (κ3) is 3.24. The highest BCUT2D eigenvalue weighted by atomic mass is 16.5. The van der Waals surface area contributed by atoms with Crippen LogP contribution in [0, 0.1) is 0 Å². The molecule has 1 aliphatic rings. The molecule has 1 fully saturated rings. The Balaban J connectivity index is 1.58. The van der Waals surface area contributed by atoms with Crippen LogP contribution in [0.2, 0.25) is 0 Å². The van der Waals surface area contributed by atoms with E-state index in [2.05, 4.69) is 51.5 Å². The van der Waals surface area contributed by atoms with E-state index in [4.69, 9.17) is 4.52 Å². The first-order valence-corrected chi connectivity index (χ1v) is 7.64. The molecule has 2 aromatic rings. The third-order valence-corrected chi connectivity index (χ3v) is 4.07. The molecule has 1 aromatic carbocycles. The number of benzene rings is 1. The van der Waals surface area contributed by atoms with E-state index in [1.54, 1.807) is 0 Å². The van der Waals surface area contributed by atoms with Crippen LogP contribution in [0.4, 0.5) is 5.69 Å². The molecule has 0 aliphatic carbocycles. The zero-order valence-corrected chi connectivity index (χ0v) is 12.6. The van der Waals surface area contributed by atoms with E-state index >= 15 is 0 Å². The van der Waals surface area contributed by atoms with Crippen LogP contribution in [-0.4, -0.2) is 34.2 Å². The number of hydrogen-bond donors (Lipinski definition) is 1. The zero-order valence-electron chi connectivity index (χ0n) is 12.6. The summed E-state index contributed by atoms with van der Waals surface area (Å²) < 4.78 is 5.36. The smallest absolute Gasteiger partial charge is 0.243 e. The lowest BCUT2D eigenvalue weighted by Crippen LogP contribution is -2.28. The number of aromatic nitrogens is 2. The second-order valence-corrected chi connectivity index (χ2v) is 5.57. The molecule has 1 saturated heterocycles. The second kappa shape index (κ2) is 6.26. The van der Waals surface area contributed by atoms with Gasteiger partial charge in [-0.2, -0.15) is 4.98 Å². The summed E-state index contributed by atoms with van der Waals surface area (Å²) >= 11 is 0. The van der Waals surface area contributed by atoms with E-state index in [1.807, 2.05) is 13.0 Å². The summed E-state index contributed by atoms with van der Waals surface area (Å²) in [6.45, 7) is 6.22. The number of rotatable bonds is 5. The first-order chi connectivity index (χ1) is 10.3. The molecule has 0 spiro atoms. The lowest BCUT2D eigenvalue weighted by atomic mass is 10.2. The normalized spacial score (nSPS) is 20.6. The Hall–Kier alpha value is -1.88. The van der Waals surface area contributed by atoms with Gasteiger partial charge >= 0.3 is 0 Å². The fourth-order valence-corrected chi connectivity index (χ4v) is 2.76. The molecule has 3 rings (SSSR count). The van der Waals surface area contributed by atoms with Gasteiger partial charge in [-0.15, -0.1) is 0 Å². The lowest BCUT2D eigenvalue weighted by molar-refractivity contribution is 0.208. The number of nitrogens with zero attached hydrogens (tertiary/aromatic N) is 3. The van der Waals surface area contributed by atoms with Crippen molar-refractivity contribution < 1.29 is 4.52 Å². The molecular formula is C16H22N4O. The van der Waals surface area contributed by atoms with Crippen molar-refractivity contribution >= 4 is 5.69 Å². The van der Waals surface area contributed by atoms with Crippen molar-refractivity contribution in [3.05, 3.63) is 42.0 Å². The number of aryl methyl sites for hydroxylation is 1. The van der Waals surface area contributed by atoms with Crippen molar-refractivity contribution in [3.63, 3.8) is 0 Å². The minimum absolute atomic E-state index is 0.181. The maximum Gasteiger partial charge on any atom is 0.243 e. The number of anilines is 1. The van der Waals surface area contributed by atoms with Crippen LogP contribution in [0.1, 0.15) is 38.0 Å². The molecular weight excluding hydrogens is 264 g/mol. The van der Waals surface area contributed by atoms with Crippen LogP contribution in [0.15, 0.2) is 34.9 Å². The number of nitrogens with one attached hydrogen (secondary N) is 1. The van der Waals surface area contributed by atoms with Gasteiger partial charge in [0.1, 0.15) is 0 Å². The summed E-state index contributed by atoms with van der Waals surface area (Å²) in [6.07, 6.45) is 1.95. The number of hydrogen-bond acceptors (Lipinski definition) is 5. The molecule has 1 N–H and O–H groups in total. The Bertz CT molecular complexity index is 569. The molecule has 2 unspecified atom stereocenters. The average Bonchev–Trinajstić information content (AvgIpc) is 3.16. The maximum atomic E-state index is 5.36. The van der Waals surface area contributed by atoms with Gasteiger partial charge in [-0.1, -0.05) is 30.3 Å². The van der Waals surface area contributed by atoms with E-state index in [9.17, 15) is 0 Å². The van der Waals surface area contributed by atoms with E-state index < -0.39 is 0 Å². The molecule has 5 nitrogen and oxygen atoms in total. The summed E-state index contributed by atoms with van der Waals surface area (Å²) in [6, 6.07) is 11.0. The largest absolute Gasteiger partial charge is 0.381 e. The van der Waals surface area contributed by atoms with E-state index in [1.165, 1.54) is 5.69 Å². The van der Waals surface area contributed by atoms with Gasteiger partial charge in [-0.05, 0) is 25.5 Å². The van der Waals surface area contributed by atoms with Gasteiger partial charge in [0.15, 0.2) is 5.82 Å². The predicted molar refractivity (Wildman–Crippen MR) is 82.1 cm³/mol. The lowest BCUT2D eigenvalue weighted by Gasteiger charge is -2.21. The third-order valence-electron chi connectivity index (χ3n) is 4.07. The molecule has 1 aromatic heterocycles. The monoisotopic (exact) mass is 286 g/mol. The summed E-state index contributed by atoms with van der Waals surface area (Å²) in [5.74, 6) is 1.52. The molecule has 0 radical (unpaired) electrons. The van der Waals surface area contributed by atoms with Crippen molar-refractivity contribution in [2.45, 2.75) is 38.8 Å². The van der Waals surface area contributed by atoms with Crippen LogP contribution in [0.3, 0.4) is 0 Å². The van der Waals surface area contributed by atoms with E-state index in [-0.39, 0.29) is 6.04 Å². The molecule has 2 heterocycles. The van der Waals surface area contributed by atoms with Crippen LogP contribution < -0.4 is 5.32 Å². The van der Waals surface area contributed by atoms with Crippen LogP contribution in [0.5, 0.6) is 0 Å². The first-order valence-electron chi connectivity index (χ1n) is 7.64. The Morgan fingerprint density at radius 3 is 2.90 bits per heavy atom. The second-order valence-electron chi connectivity index (χ2n) is 5.57. The Morgan fingerprint density at radius 2 is 2.19 bits per heavy atom. The topological polar surface area (TPSA) is 54.2 Å². The molecule has 1 aliphatic heterocycles. The highest BCUT2D eigenvalue weighted by Gasteiger charge is 2.29. The highest BCUT2D eigenvalue weighted by molar-refractivity contribution is 5.43. The van der Waals surface area contributed by atoms with Crippen molar-refractivity contribution in [1.82, 2.24) is 15.0 Å². The molecule has 21 heavy (non-hydrogen) atoms. The van der Waals surface area contributed by atoms with Crippen molar-refractivity contribution in [1.29, 1.82) is 0 Å². The molecule has 5 heteroatoms. The summed E-state index contributed by atoms with van der Waals surface area (Å²) in [5.41, 5.74) is 1.18. The maximum absolute atomic E-state index is 5.36. The molecule has 112 valence electrons. The molecule has 0 saturated carbocycles. The highest BCUT2D eigenvalue weighted by Crippen LogP contribution is 2.25. The fraction of sp³-hybridized carbons (Fsp3) is 0.500. The van der Waals surface area contributed by atoms with Gasteiger partial charge in [0.25, 0.3) is 0 Å². The van der Waals surface area contributed by atoms with Crippen LogP contribution in [-0.2, 0) is 6.42 Å². The van der Waals surface area contributed by atoms with E-state index in [0.717, 1.165) is 37.6 Å². The summed E-state index contributed by atoms with van der Waals surface area (Å²) in [5, 5.41) is 7.57. The van der Waals surface area contributed by atoms with Crippen LogP contribution in [0.25, 0.3) is 0 Å². The summed E-state index contributed by atoms with van der Waals surface area (Å²) in [4.78, 5) is 6.84. The SMILES string of the molecule is CCc1noc(C(C)N2CCC(Nc3ccccc3)C2)n1.